The van der Waals surface area contributed by atoms with Gasteiger partial charge in [-0.25, -0.2) is 19.2 Å². The maximum absolute atomic E-state index is 15.3. The average molecular weight is 598 g/mol. The molecular formula is C31H32FN9O3. The number of rotatable bonds is 7. The lowest BCUT2D eigenvalue weighted by molar-refractivity contribution is 0.0827. The number of hydrogen-bond acceptors (Lipinski definition) is 9. The number of pyridine rings is 1. The van der Waals surface area contributed by atoms with E-state index in [0.29, 0.717) is 71.4 Å². The molecule has 4 N–H and O–H groups in total. The molecule has 226 valence electrons. The van der Waals surface area contributed by atoms with Crippen LogP contribution in [0.15, 0.2) is 65.9 Å². The molecule has 0 saturated carbocycles. The van der Waals surface area contributed by atoms with Crippen LogP contribution in [0.2, 0.25) is 0 Å². The lowest BCUT2D eigenvalue weighted by atomic mass is 10.1. The van der Waals surface area contributed by atoms with Crippen molar-refractivity contribution >= 4 is 52.0 Å². The molecule has 0 spiro atoms. The number of nitrogens with one attached hydrogen (secondary N) is 2. The largest absolute Gasteiger partial charge is 0.404 e. The number of urea groups is 1. The van der Waals surface area contributed by atoms with E-state index in [1.165, 1.54) is 23.2 Å². The summed E-state index contributed by atoms with van der Waals surface area (Å²) >= 11 is 0. The van der Waals surface area contributed by atoms with Crippen LogP contribution in [-0.4, -0.2) is 85.5 Å². The van der Waals surface area contributed by atoms with Crippen LogP contribution in [0, 0.1) is 5.82 Å². The fraction of sp³-hybridized carbons (Fsp3) is 0.226. The minimum atomic E-state index is -0.666. The Morgan fingerprint density at radius 1 is 1.05 bits per heavy atom. The fourth-order valence-electron chi connectivity index (χ4n) is 4.63. The maximum atomic E-state index is 15.3. The minimum absolute atomic E-state index is 0.0274. The van der Waals surface area contributed by atoms with Crippen LogP contribution in [-0.2, 0) is 4.74 Å². The number of anilines is 3. The van der Waals surface area contributed by atoms with Crippen LogP contribution in [0.5, 0.6) is 0 Å². The van der Waals surface area contributed by atoms with E-state index in [2.05, 4.69) is 25.5 Å². The van der Waals surface area contributed by atoms with Crippen LogP contribution in [0.3, 0.4) is 0 Å². The van der Waals surface area contributed by atoms with Crippen molar-refractivity contribution in [1.29, 1.82) is 0 Å². The highest BCUT2D eigenvalue weighted by Gasteiger charge is 2.20. The Kier molecular flexibility index (Phi) is 9.05. The second-order valence-electron chi connectivity index (χ2n) is 10.1. The van der Waals surface area contributed by atoms with E-state index >= 15 is 4.39 Å². The summed E-state index contributed by atoms with van der Waals surface area (Å²) in [5.41, 5.74) is 9.67. The zero-order chi connectivity index (χ0) is 31.2. The first-order valence-corrected chi connectivity index (χ1v) is 13.8. The molecule has 12 nitrogen and oxygen atoms in total. The molecule has 2 aromatic heterocycles. The molecule has 0 bridgehead atoms. The molecule has 3 amide bonds. The van der Waals surface area contributed by atoms with Gasteiger partial charge in [-0.2, -0.15) is 0 Å². The van der Waals surface area contributed by atoms with Gasteiger partial charge in [0.25, 0.3) is 5.91 Å². The predicted octanol–water partition coefficient (Wildman–Crippen LogP) is 4.01. The van der Waals surface area contributed by atoms with E-state index < -0.39 is 11.8 Å². The molecule has 1 fully saturated rings. The third-order valence-electron chi connectivity index (χ3n) is 6.88. The number of nitrogens with zero attached hydrogens (tertiary/aromatic N) is 6. The third-order valence-corrected chi connectivity index (χ3v) is 6.88. The fourth-order valence-corrected chi connectivity index (χ4v) is 4.63. The molecule has 13 heteroatoms. The van der Waals surface area contributed by atoms with Crippen molar-refractivity contribution in [2.24, 2.45) is 10.7 Å². The molecule has 44 heavy (non-hydrogen) atoms. The van der Waals surface area contributed by atoms with Gasteiger partial charge in [0.05, 0.1) is 24.4 Å². The van der Waals surface area contributed by atoms with Gasteiger partial charge in [-0.15, -0.1) is 0 Å². The van der Waals surface area contributed by atoms with E-state index in [0.717, 1.165) is 5.56 Å². The van der Waals surface area contributed by atoms with Crippen LogP contribution < -0.4 is 21.3 Å². The predicted molar refractivity (Wildman–Crippen MR) is 169 cm³/mol. The molecular weight excluding hydrogens is 565 g/mol. The summed E-state index contributed by atoms with van der Waals surface area (Å²) in [6.45, 7) is 2.32. The number of carbonyl (C=O) groups excluding carboxylic acids is 2. The molecule has 2 aromatic carbocycles. The van der Waals surface area contributed by atoms with Gasteiger partial charge < -0.3 is 30.9 Å². The van der Waals surface area contributed by atoms with Gasteiger partial charge in [0.1, 0.15) is 11.3 Å². The molecule has 1 aliphatic rings. The maximum Gasteiger partial charge on any atom is 0.323 e. The Morgan fingerprint density at radius 2 is 1.80 bits per heavy atom. The number of benzene rings is 2. The Bertz CT molecular complexity index is 1750. The van der Waals surface area contributed by atoms with Crippen LogP contribution in [0.1, 0.15) is 15.9 Å². The van der Waals surface area contributed by atoms with E-state index in [-0.39, 0.29) is 11.6 Å². The SMILES string of the molecule is CN=CC(=CN)c1cnc2c(N3CCOCC3)nc(-c3ccc(NC(=O)Nc4ccc(C(=O)N(C)C)cc4)c(F)c3)nc2c1. The summed E-state index contributed by atoms with van der Waals surface area (Å²) in [6.07, 6.45) is 4.77. The Labute approximate surface area is 253 Å². The molecule has 0 unspecified atom stereocenters. The number of ether oxygens (including phenoxy) is 1. The number of aromatic nitrogens is 3. The van der Waals surface area contributed by atoms with Crippen molar-refractivity contribution in [2.75, 3.05) is 63.0 Å². The van der Waals surface area contributed by atoms with Gasteiger partial charge in [-0.3, -0.25) is 14.8 Å². The summed E-state index contributed by atoms with van der Waals surface area (Å²) in [5, 5.41) is 5.16. The van der Waals surface area contributed by atoms with Crippen molar-refractivity contribution in [1.82, 2.24) is 19.9 Å². The first-order valence-electron chi connectivity index (χ1n) is 13.8. The molecule has 0 aliphatic carbocycles. The lowest BCUT2D eigenvalue weighted by Gasteiger charge is -2.28. The highest BCUT2D eigenvalue weighted by atomic mass is 19.1. The summed E-state index contributed by atoms with van der Waals surface area (Å²) in [5.74, 6) is 0.0845. The molecule has 0 atom stereocenters. The zero-order valence-corrected chi connectivity index (χ0v) is 24.5. The number of nitrogens with two attached hydrogens (primary N) is 1. The number of halogens is 1. The number of carbonyl (C=O) groups is 2. The molecule has 1 saturated heterocycles. The standard InChI is InChI=1S/C31H32FN9O3/c1-34-17-22(16-33)21-15-26-27(35-18-21)29(41-10-12-44-13-11-41)39-28(37-26)20-6-9-25(24(32)14-20)38-31(43)36-23-7-4-19(5-8-23)30(42)40(2)3/h4-9,14-18H,10-13,33H2,1-3H3,(H2,36,38,43). The van der Waals surface area contributed by atoms with Gasteiger partial charge >= 0.3 is 6.03 Å². The van der Waals surface area contributed by atoms with Crippen molar-refractivity contribution in [3.8, 4) is 11.4 Å². The number of amides is 3. The van der Waals surface area contributed by atoms with E-state index in [1.54, 1.807) is 63.9 Å². The molecule has 3 heterocycles. The topological polar surface area (TPSA) is 151 Å². The van der Waals surface area contributed by atoms with Crippen LogP contribution in [0.4, 0.5) is 26.4 Å². The van der Waals surface area contributed by atoms with Gasteiger partial charge in [0, 0.05) is 80.8 Å². The number of morpholine rings is 1. The van der Waals surface area contributed by atoms with E-state index in [1.807, 2.05) is 6.07 Å². The van der Waals surface area contributed by atoms with E-state index in [4.69, 9.17) is 20.4 Å². The van der Waals surface area contributed by atoms with Crippen molar-refractivity contribution in [3.05, 3.63) is 77.9 Å². The summed E-state index contributed by atoms with van der Waals surface area (Å²) in [7, 11) is 4.96. The summed E-state index contributed by atoms with van der Waals surface area (Å²) < 4.78 is 20.8. The summed E-state index contributed by atoms with van der Waals surface area (Å²) in [4.78, 5) is 46.4. The Hall–Kier alpha value is -5.43. The van der Waals surface area contributed by atoms with Crippen LogP contribution >= 0.6 is 0 Å². The Balaban J connectivity index is 1.41. The molecule has 5 rings (SSSR count). The molecule has 4 aromatic rings. The van der Waals surface area contributed by atoms with Gasteiger partial charge in [-0.1, -0.05) is 0 Å². The first-order chi connectivity index (χ1) is 21.3. The first kappa shape index (κ1) is 30.0. The van der Waals surface area contributed by atoms with Crippen molar-refractivity contribution < 1.29 is 18.7 Å². The number of aliphatic imine (C=N–C) groups is 1. The van der Waals surface area contributed by atoms with Gasteiger partial charge in [0.15, 0.2) is 11.6 Å². The second-order valence-corrected chi connectivity index (χ2v) is 10.1. The van der Waals surface area contributed by atoms with Gasteiger partial charge in [0.2, 0.25) is 0 Å². The van der Waals surface area contributed by atoms with Crippen molar-refractivity contribution in [3.63, 3.8) is 0 Å². The Morgan fingerprint density at radius 3 is 2.45 bits per heavy atom. The molecule has 0 radical (unpaired) electrons. The summed E-state index contributed by atoms with van der Waals surface area (Å²) in [6, 6.07) is 12.0. The second kappa shape index (κ2) is 13.3. The van der Waals surface area contributed by atoms with E-state index in [9.17, 15) is 9.59 Å². The average Bonchev–Trinajstić information content (AvgIpc) is 3.04. The normalized spacial score (nSPS) is 13.7. The number of allylic oxidation sites excluding steroid dienone is 1. The number of fused-ring (bicyclic) bond motifs is 1. The highest BCUT2D eigenvalue weighted by Crippen LogP contribution is 2.30. The zero-order valence-electron chi connectivity index (χ0n) is 24.5. The quantitative estimate of drug-likeness (QED) is 0.270. The minimum Gasteiger partial charge on any atom is -0.404 e. The third kappa shape index (κ3) is 6.63. The van der Waals surface area contributed by atoms with Gasteiger partial charge in [-0.05, 0) is 48.5 Å². The number of hydrogen-bond donors (Lipinski definition) is 3. The lowest BCUT2D eigenvalue weighted by Crippen LogP contribution is -2.37. The molecule has 1 aliphatic heterocycles. The van der Waals surface area contributed by atoms with Crippen LogP contribution in [0.25, 0.3) is 28.0 Å². The smallest absolute Gasteiger partial charge is 0.323 e. The monoisotopic (exact) mass is 597 g/mol. The highest BCUT2D eigenvalue weighted by molar-refractivity contribution is 6.10. The van der Waals surface area contributed by atoms with Crippen molar-refractivity contribution in [2.45, 2.75) is 0 Å².